The zero-order chi connectivity index (χ0) is 26.7. The van der Waals surface area contributed by atoms with Crippen molar-refractivity contribution in [2.24, 2.45) is 10.2 Å². The Morgan fingerprint density at radius 3 is 1.36 bits per heavy atom. The third kappa shape index (κ3) is 14.7. The minimum atomic E-state index is 0. The van der Waals surface area contributed by atoms with Crippen LogP contribution in [0.5, 0.6) is 0 Å². The number of benzene rings is 2. The molecule has 0 N–H and O–H groups in total. The smallest absolute Gasteiger partial charge is 0.520 e. The quantitative estimate of drug-likeness (QED) is 0.0581. The Balaban J connectivity index is 0.000000267. The molecule has 39 heavy (non-hydrogen) atoms. The van der Waals surface area contributed by atoms with Crippen LogP contribution in [0.1, 0.15) is 22.5 Å². The molecule has 0 saturated heterocycles. The van der Waals surface area contributed by atoms with Crippen LogP contribution in [0, 0.1) is 0 Å². The van der Waals surface area contributed by atoms with Crippen LogP contribution in [0.3, 0.4) is 0 Å². The van der Waals surface area contributed by atoms with E-state index in [1.165, 1.54) is 11.1 Å². The summed E-state index contributed by atoms with van der Waals surface area (Å²) in [5.74, 6) is 1.67. The third-order valence-electron chi connectivity index (χ3n) is 4.46. The first-order valence-corrected chi connectivity index (χ1v) is 14.3. The Bertz CT molecular complexity index is 1190. The Morgan fingerprint density at radius 2 is 1.00 bits per heavy atom. The zero-order valence-corrected chi connectivity index (χ0v) is 25.1. The van der Waals surface area contributed by atoms with E-state index in [1.807, 2.05) is 72.8 Å². The molecule has 0 spiro atoms. The first-order valence-electron chi connectivity index (χ1n) is 11.4. The van der Waals surface area contributed by atoms with Crippen LogP contribution in [-0.2, 0) is 52.4 Å². The summed E-state index contributed by atoms with van der Waals surface area (Å²) in [5, 5.41) is 7.91. The molecule has 0 aliphatic heterocycles. The van der Waals surface area contributed by atoms with E-state index >= 15 is 0 Å². The van der Waals surface area contributed by atoms with E-state index in [-0.39, 0.29) is 16.5 Å². The maximum Gasteiger partial charge on any atom is 2.00 e. The SMILES string of the molecule is [Ni+2].[SH+]=C([N-]N=Cc1ccccn1)SCc1ccccc1.[SH+]=C([N-]N=Cc1ccccn1)SCc1ccccc1. The largest absolute Gasteiger partial charge is 2.00 e. The number of nitrogens with zero attached hydrogens (tertiary/aromatic N) is 6. The van der Waals surface area contributed by atoms with Gasteiger partial charge >= 0.3 is 16.5 Å². The number of aromatic nitrogens is 2. The van der Waals surface area contributed by atoms with Crippen LogP contribution < -0.4 is 0 Å². The van der Waals surface area contributed by atoms with E-state index in [9.17, 15) is 0 Å². The summed E-state index contributed by atoms with van der Waals surface area (Å²) in [6, 6.07) is 31.6. The predicted octanol–water partition coefficient (Wildman–Crippen LogP) is 6.18. The van der Waals surface area contributed by atoms with Gasteiger partial charge < -0.3 is 21.1 Å². The van der Waals surface area contributed by atoms with Crippen molar-refractivity contribution in [2.75, 3.05) is 0 Å². The van der Waals surface area contributed by atoms with E-state index in [2.05, 4.69) is 79.7 Å². The third-order valence-corrected chi connectivity index (χ3v) is 7.05. The first-order chi connectivity index (χ1) is 18.7. The van der Waals surface area contributed by atoms with Gasteiger partial charge in [-0.05, 0) is 35.4 Å². The van der Waals surface area contributed by atoms with Crippen LogP contribution in [0.15, 0.2) is 120 Å². The molecular weight excluding hydrogens is 607 g/mol. The van der Waals surface area contributed by atoms with Crippen molar-refractivity contribution in [1.29, 1.82) is 0 Å². The van der Waals surface area contributed by atoms with Crippen LogP contribution in [-0.4, -0.2) is 31.0 Å². The molecule has 0 aliphatic rings. The van der Waals surface area contributed by atoms with Crippen molar-refractivity contribution in [3.05, 3.63) is 143 Å². The van der Waals surface area contributed by atoms with Gasteiger partial charge in [-0.15, -0.1) is 0 Å². The average molecular weight is 634 g/mol. The fourth-order valence-corrected chi connectivity index (χ4v) is 4.36. The van der Waals surface area contributed by atoms with E-state index in [4.69, 9.17) is 0 Å². The predicted molar refractivity (Wildman–Crippen MR) is 173 cm³/mol. The van der Waals surface area contributed by atoms with E-state index in [0.717, 1.165) is 22.9 Å². The standard InChI is InChI=1S/2C14H13N3S2.Ni/c2*18-14(19-11-12-6-2-1-3-7-12)17-16-10-13-8-4-5-9-15-13;/h2*1-10H,11H2,(H,15,17,18);/q;;+2. The Morgan fingerprint density at radius 1 is 0.615 bits per heavy atom. The van der Waals surface area contributed by atoms with Gasteiger partial charge in [0, 0.05) is 36.3 Å². The molecule has 0 amide bonds. The number of hydrogen-bond acceptors (Lipinski definition) is 6. The molecule has 4 rings (SSSR count). The molecule has 0 bridgehead atoms. The van der Waals surface area contributed by atoms with E-state index in [1.54, 1.807) is 48.3 Å². The number of pyridine rings is 2. The molecule has 0 aliphatic carbocycles. The van der Waals surface area contributed by atoms with Gasteiger partial charge in [-0.3, -0.25) is 9.97 Å². The van der Waals surface area contributed by atoms with Gasteiger partial charge in [0.1, 0.15) is 0 Å². The molecule has 4 aromatic rings. The molecule has 0 unspecified atom stereocenters. The monoisotopic (exact) mass is 632 g/mol. The van der Waals surface area contributed by atoms with E-state index in [0.29, 0.717) is 8.64 Å². The van der Waals surface area contributed by atoms with Gasteiger partial charge in [-0.2, -0.15) is 0 Å². The Hall–Kier alpha value is -2.95. The van der Waals surface area contributed by atoms with Gasteiger partial charge in [-0.25, -0.2) is 0 Å². The maximum atomic E-state index is 4.29. The second kappa shape index (κ2) is 20.0. The summed E-state index contributed by atoms with van der Waals surface area (Å²) in [5.41, 5.74) is 12.0. The van der Waals surface area contributed by atoms with Crippen molar-refractivity contribution in [3.8, 4) is 0 Å². The first kappa shape index (κ1) is 32.3. The van der Waals surface area contributed by atoms with Crippen LogP contribution in [0.25, 0.3) is 10.9 Å². The van der Waals surface area contributed by atoms with Crippen molar-refractivity contribution in [2.45, 2.75) is 11.5 Å². The van der Waals surface area contributed by atoms with Crippen LogP contribution >= 0.6 is 23.5 Å². The number of rotatable bonds is 8. The van der Waals surface area contributed by atoms with Gasteiger partial charge in [-0.1, -0.05) is 96.3 Å². The average Bonchev–Trinajstić information content (AvgIpc) is 2.98. The van der Waals surface area contributed by atoms with Gasteiger partial charge in [0.15, 0.2) is 33.1 Å². The summed E-state index contributed by atoms with van der Waals surface area (Å²) in [7, 11) is 0. The fourth-order valence-electron chi connectivity index (χ4n) is 2.68. The van der Waals surface area contributed by atoms with Crippen molar-refractivity contribution >= 4 is 69.0 Å². The fraction of sp³-hybridized carbons (Fsp3) is 0.0714. The Kier molecular flexibility index (Phi) is 16.6. The summed E-state index contributed by atoms with van der Waals surface area (Å²) in [6.45, 7) is 0. The van der Waals surface area contributed by atoms with Crippen LogP contribution in [0.4, 0.5) is 0 Å². The minimum Gasteiger partial charge on any atom is -0.520 e. The van der Waals surface area contributed by atoms with Gasteiger partial charge in [0.05, 0.1) is 11.4 Å². The Labute approximate surface area is 258 Å². The molecule has 2 heterocycles. The minimum absolute atomic E-state index is 0. The molecular formula is C28H26N6NiS4+2. The second-order valence-corrected chi connectivity index (χ2v) is 10.7. The topological polar surface area (TPSA) is 78.7 Å². The summed E-state index contributed by atoms with van der Waals surface area (Å²) in [4.78, 5) is 8.24. The molecule has 0 radical (unpaired) electrons. The molecule has 0 atom stereocenters. The van der Waals surface area contributed by atoms with Gasteiger partial charge in [0.2, 0.25) is 0 Å². The molecule has 6 nitrogen and oxygen atoms in total. The van der Waals surface area contributed by atoms with Gasteiger partial charge in [0.25, 0.3) is 0 Å². The number of thioether (sulfide) groups is 2. The zero-order valence-electron chi connectivity index (χ0n) is 20.7. The van der Waals surface area contributed by atoms with Crippen molar-refractivity contribution in [1.82, 2.24) is 9.97 Å². The molecule has 200 valence electrons. The molecule has 2 aromatic carbocycles. The molecule has 0 fully saturated rings. The van der Waals surface area contributed by atoms with Crippen molar-refractivity contribution in [3.63, 3.8) is 0 Å². The number of thiol groups is 2. The van der Waals surface area contributed by atoms with E-state index < -0.39 is 0 Å². The molecule has 11 heteroatoms. The summed E-state index contributed by atoms with van der Waals surface area (Å²) >= 11 is 11.7. The summed E-state index contributed by atoms with van der Waals surface area (Å²) < 4.78 is 1.27. The maximum absolute atomic E-state index is 4.29. The van der Waals surface area contributed by atoms with Crippen molar-refractivity contribution < 1.29 is 16.5 Å². The molecule has 0 saturated carbocycles. The van der Waals surface area contributed by atoms with Crippen LogP contribution in [0.2, 0.25) is 0 Å². The summed E-state index contributed by atoms with van der Waals surface area (Å²) in [6.07, 6.45) is 6.66. The normalized spacial score (nSPS) is 10.3. The number of hydrogen-bond donors (Lipinski definition) is 0. The second-order valence-electron chi connectivity index (χ2n) is 7.31. The molecule has 2 aromatic heterocycles.